The SMILES string of the molecule is CC(C)(C)c1ccc(C(=O)Nc2ccc(Cc3ccc(NC(=O)c4ccc(C(C)(C)C)c(Br)c4)cc3)cc2)cc1Br. The summed E-state index contributed by atoms with van der Waals surface area (Å²) in [6.45, 7) is 12.9. The lowest BCUT2D eigenvalue weighted by molar-refractivity contribution is 0.101. The van der Waals surface area contributed by atoms with Crippen LogP contribution in [0.4, 0.5) is 11.4 Å². The van der Waals surface area contributed by atoms with Gasteiger partial charge in [-0.05, 0) is 88.0 Å². The first-order chi connectivity index (χ1) is 19.2. The Morgan fingerprint density at radius 2 is 0.902 bits per heavy atom. The Balaban J connectivity index is 1.34. The van der Waals surface area contributed by atoms with E-state index in [1.807, 2.05) is 84.9 Å². The fourth-order valence-electron chi connectivity index (χ4n) is 4.58. The number of hydrogen-bond acceptors (Lipinski definition) is 2. The molecule has 0 aromatic heterocycles. The molecule has 2 N–H and O–H groups in total. The molecule has 0 aliphatic heterocycles. The van der Waals surface area contributed by atoms with Crippen molar-refractivity contribution in [2.45, 2.75) is 58.8 Å². The van der Waals surface area contributed by atoms with Crippen molar-refractivity contribution in [3.63, 3.8) is 0 Å². The monoisotopic (exact) mass is 674 g/mol. The largest absolute Gasteiger partial charge is 0.322 e. The molecule has 4 aromatic carbocycles. The summed E-state index contributed by atoms with van der Waals surface area (Å²) in [5, 5.41) is 5.97. The Kier molecular flexibility index (Phi) is 9.25. The van der Waals surface area contributed by atoms with Gasteiger partial charge in [-0.1, -0.05) is 110 Å². The van der Waals surface area contributed by atoms with Gasteiger partial charge >= 0.3 is 0 Å². The predicted octanol–water partition coefficient (Wildman–Crippen LogP) is 9.90. The van der Waals surface area contributed by atoms with E-state index >= 15 is 0 Å². The second-order valence-electron chi connectivity index (χ2n) is 12.4. The Labute approximate surface area is 260 Å². The zero-order valence-corrected chi connectivity index (χ0v) is 27.5. The number of carbonyl (C=O) groups excluding carboxylic acids is 2. The third-order valence-corrected chi connectivity index (χ3v) is 8.22. The molecule has 0 bridgehead atoms. The third kappa shape index (κ3) is 7.96. The third-order valence-electron chi connectivity index (χ3n) is 6.91. The van der Waals surface area contributed by atoms with E-state index in [4.69, 9.17) is 0 Å². The van der Waals surface area contributed by atoms with E-state index in [2.05, 4.69) is 84.0 Å². The van der Waals surface area contributed by atoms with Crippen LogP contribution >= 0.6 is 31.9 Å². The van der Waals surface area contributed by atoms with Gasteiger partial charge in [0.2, 0.25) is 0 Å². The molecule has 0 spiro atoms. The highest BCUT2D eigenvalue weighted by molar-refractivity contribution is 9.10. The average molecular weight is 676 g/mol. The number of nitrogens with one attached hydrogen (secondary N) is 2. The van der Waals surface area contributed by atoms with Crippen LogP contribution in [0, 0.1) is 0 Å². The van der Waals surface area contributed by atoms with Gasteiger partial charge in [-0.2, -0.15) is 0 Å². The minimum Gasteiger partial charge on any atom is -0.322 e. The molecule has 4 nitrogen and oxygen atoms in total. The lowest BCUT2D eigenvalue weighted by Crippen LogP contribution is -2.15. The molecule has 0 unspecified atom stereocenters. The molecule has 6 heteroatoms. The van der Waals surface area contributed by atoms with E-state index in [1.165, 1.54) is 0 Å². The zero-order valence-electron chi connectivity index (χ0n) is 24.4. The van der Waals surface area contributed by atoms with Crippen LogP contribution in [-0.2, 0) is 17.3 Å². The highest BCUT2D eigenvalue weighted by atomic mass is 79.9. The topological polar surface area (TPSA) is 58.2 Å². The number of hydrogen-bond donors (Lipinski definition) is 2. The van der Waals surface area contributed by atoms with E-state index in [1.54, 1.807) is 0 Å². The minimum atomic E-state index is -0.144. The summed E-state index contributed by atoms with van der Waals surface area (Å²) in [7, 11) is 0. The molecule has 0 aliphatic rings. The van der Waals surface area contributed by atoms with E-state index in [-0.39, 0.29) is 22.6 Å². The molecule has 0 saturated carbocycles. The number of halogens is 2. The van der Waals surface area contributed by atoms with Crippen LogP contribution in [-0.4, -0.2) is 11.8 Å². The van der Waals surface area contributed by atoms with Crippen LogP contribution in [0.3, 0.4) is 0 Å². The van der Waals surface area contributed by atoms with Gasteiger partial charge in [0.15, 0.2) is 0 Å². The fourth-order valence-corrected chi connectivity index (χ4v) is 6.53. The second kappa shape index (κ2) is 12.3. The number of amides is 2. The molecule has 0 atom stereocenters. The maximum absolute atomic E-state index is 12.8. The Bertz CT molecular complexity index is 1440. The molecule has 41 heavy (non-hydrogen) atoms. The number of rotatable bonds is 6. The molecule has 4 rings (SSSR count). The predicted molar refractivity (Wildman–Crippen MR) is 177 cm³/mol. The first-order valence-corrected chi connectivity index (χ1v) is 15.2. The molecular weight excluding hydrogens is 640 g/mol. The van der Waals surface area contributed by atoms with Crippen LogP contribution < -0.4 is 10.6 Å². The zero-order chi connectivity index (χ0) is 29.9. The van der Waals surface area contributed by atoms with E-state index in [0.29, 0.717) is 11.1 Å². The van der Waals surface area contributed by atoms with Crippen molar-refractivity contribution < 1.29 is 9.59 Å². The van der Waals surface area contributed by atoms with Crippen molar-refractivity contribution in [2.24, 2.45) is 0 Å². The van der Waals surface area contributed by atoms with E-state index < -0.39 is 0 Å². The Hall–Kier alpha value is -3.22. The summed E-state index contributed by atoms with van der Waals surface area (Å²) in [4.78, 5) is 25.6. The highest BCUT2D eigenvalue weighted by Gasteiger charge is 2.19. The van der Waals surface area contributed by atoms with Crippen LogP contribution in [0.15, 0.2) is 93.9 Å². The molecule has 0 aliphatic carbocycles. The number of anilines is 2. The van der Waals surface area contributed by atoms with Crippen LogP contribution in [0.5, 0.6) is 0 Å². The normalized spacial score (nSPS) is 11.7. The summed E-state index contributed by atoms with van der Waals surface area (Å²) in [5.74, 6) is -0.289. The van der Waals surface area contributed by atoms with Gasteiger partial charge in [-0.3, -0.25) is 9.59 Å². The molecule has 0 saturated heterocycles. The molecular formula is C35H36Br2N2O2. The fraction of sp³-hybridized carbons (Fsp3) is 0.257. The van der Waals surface area contributed by atoms with Crippen molar-refractivity contribution in [1.82, 2.24) is 0 Å². The van der Waals surface area contributed by atoms with Gasteiger partial charge in [0.25, 0.3) is 11.8 Å². The van der Waals surface area contributed by atoms with Crippen molar-refractivity contribution in [2.75, 3.05) is 10.6 Å². The van der Waals surface area contributed by atoms with Gasteiger partial charge < -0.3 is 10.6 Å². The van der Waals surface area contributed by atoms with E-state index in [9.17, 15) is 9.59 Å². The minimum absolute atomic E-state index is 0.00547. The molecule has 212 valence electrons. The Morgan fingerprint density at radius 1 is 0.561 bits per heavy atom. The van der Waals surface area contributed by atoms with Crippen molar-refractivity contribution in [1.29, 1.82) is 0 Å². The number of carbonyl (C=O) groups is 2. The van der Waals surface area contributed by atoms with Crippen molar-refractivity contribution in [3.05, 3.63) is 127 Å². The summed E-state index contributed by atoms with van der Waals surface area (Å²) >= 11 is 7.23. The van der Waals surface area contributed by atoms with Gasteiger partial charge in [0.1, 0.15) is 0 Å². The summed E-state index contributed by atoms with van der Waals surface area (Å²) in [5.41, 5.74) is 7.27. The number of benzene rings is 4. The van der Waals surface area contributed by atoms with Crippen molar-refractivity contribution >= 4 is 55.0 Å². The first kappa shape index (κ1) is 30.7. The van der Waals surface area contributed by atoms with E-state index in [0.717, 1.165) is 49.0 Å². The Morgan fingerprint density at radius 3 is 1.20 bits per heavy atom. The molecule has 4 aromatic rings. The molecule has 0 fully saturated rings. The van der Waals surface area contributed by atoms with Gasteiger partial charge in [0.05, 0.1) is 0 Å². The summed E-state index contributed by atoms with van der Waals surface area (Å²) in [6, 6.07) is 27.2. The van der Waals surface area contributed by atoms with Crippen LogP contribution in [0.2, 0.25) is 0 Å². The highest BCUT2D eigenvalue weighted by Crippen LogP contribution is 2.32. The van der Waals surface area contributed by atoms with Gasteiger partial charge in [-0.25, -0.2) is 0 Å². The average Bonchev–Trinajstić information content (AvgIpc) is 2.89. The standard InChI is InChI=1S/C35H36Br2N2O2/c1-34(2,3)28-17-11-24(20-30(28)36)32(40)38-26-13-7-22(8-14-26)19-23-9-15-27(16-10-23)39-33(41)25-12-18-29(31(37)21-25)35(4,5)6/h7-18,20-21H,19H2,1-6H3,(H,38,40)(H,39,41). The van der Waals surface area contributed by atoms with Crippen LogP contribution in [0.25, 0.3) is 0 Å². The summed E-state index contributed by atoms with van der Waals surface area (Å²) in [6.07, 6.45) is 0.741. The maximum atomic E-state index is 12.8. The summed E-state index contributed by atoms with van der Waals surface area (Å²) < 4.78 is 1.86. The second-order valence-corrected chi connectivity index (χ2v) is 14.1. The lowest BCUT2D eigenvalue weighted by atomic mass is 9.86. The van der Waals surface area contributed by atoms with Crippen LogP contribution in [0.1, 0.15) is 84.5 Å². The first-order valence-electron chi connectivity index (χ1n) is 13.6. The van der Waals surface area contributed by atoms with Gasteiger partial charge in [-0.15, -0.1) is 0 Å². The van der Waals surface area contributed by atoms with Gasteiger partial charge in [0, 0.05) is 31.4 Å². The molecule has 0 radical (unpaired) electrons. The smallest absolute Gasteiger partial charge is 0.255 e. The van der Waals surface area contributed by atoms with Crippen molar-refractivity contribution in [3.8, 4) is 0 Å². The molecule has 2 amide bonds. The quantitative estimate of drug-likeness (QED) is 0.214. The lowest BCUT2D eigenvalue weighted by Gasteiger charge is -2.21. The molecule has 0 heterocycles. The maximum Gasteiger partial charge on any atom is 0.255 e.